The lowest BCUT2D eigenvalue weighted by molar-refractivity contribution is 0.0668. The van der Waals surface area contributed by atoms with Crippen molar-refractivity contribution in [3.63, 3.8) is 0 Å². The van der Waals surface area contributed by atoms with Gasteiger partial charge in [0, 0.05) is 49.3 Å². The maximum Gasteiger partial charge on any atom is 0.256 e. The average molecular weight is 404 g/mol. The highest BCUT2D eigenvalue weighted by molar-refractivity contribution is 6.07. The monoisotopic (exact) mass is 403 g/mol. The van der Waals surface area contributed by atoms with Crippen LogP contribution >= 0.6 is 0 Å². The van der Waals surface area contributed by atoms with E-state index in [1.165, 1.54) is 5.56 Å². The van der Waals surface area contributed by atoms with Crippen LogP contribution < -0.4 is 0 Å². The summed E-state index contributed by atoms with van der Waals surface area (Å²) in [6.45, 7) is 8.09. The molecule has 0 atom stereocenters. The van der Waals surface area contributed by atoms with Gasteiger partial charge in [0.15, 0.2) is 0 Å². The topological polar surface area (TPSA) is 28.5 Å². The number of carbonyl (C=O) groups excluding carboxylic acids is 1. The van der Waals surface area contributed by atoms with Gasteiger partial charge < -0.3 is 14.4 Å². The third-order valence-electron chi connectivity index (χ3n) is 6.54. The normalized spacial score (nSPS) is 15.4. The van der Waals surface area contributed by atoms with Crippen molar-refractivity contribution in [1.29, 1.82) is 0 Å². The van der Waals surface area contributed by atoms with Crippen LogP contribution in [0.2, 0.25) is 0 Å². The number of carbonyl (C=O) groups is 1. The average Bonchev–Trinajstić information content (AvgIpc) is 3.13. The van der Waals surface area contributed by atoms with E-state index in [1.807, 2.05) is 12.1 Å². The largest absolute Gasteiger partial charge is 0.342 e. The standard InChI is InChI=1S/C26H33N3O/c1-20(2)27(3)17-22-13-15-28(16-14-22)26(30)24-19-29(18-21-9-5-4-6-10-21)25-12-8-7-11-23(24)25/h4-12,19-20,22H,13-18H2,1-3H3. The highest BCUT2D eigenvalue weighted by Gasteiger charge is 2.26. The Morgan fingerprint density at radius 2 is 1.70 bits per heavy atom. The Hall–Kier alpha value is -2.59. The maximum absolute atomic E-state index is 13.4. The quantitative estimate of drug-likeness (QED) is 0.587. The second-order valence-corrected chi connectivity index (χ2v) is 8.94. The summed E-state index contributed by atoms with van der Waals surface area (Å²) in [7, 11) is 2.20. The van der Waals surface area contributed by atoms with Crippen LogP contribution in [0.3, 0.4) is 0 Å². The predicted octanol–water partition coefficient (Wildman–Crippen LogP) is 4.88. The molecule has 0 spiro atoms. The van der Waals surface area contributed by atoms with E-state index in [9.17, 15) is 4.79 Å². The lowest BCUT2D eigenvalue weighted by Crippen LogP contribution is -2.42. The molecule has 0 saturated carbocycles. The van der Waals surface area contributed by atoms with Crippen LogP contribution in [0.1, 0.15) is 42.6 Å². The zero-order valence-electron chi connectivity index (χ0n) is 18.4. The van der Waals surface area contributed by atoms with E-state index < -0.39 is 0 Å². The van der Waals surface area contributed by atoms with Crippen molar-refractivity contribution >= 4 is 16.8 Å². The molecule has 0 unspecified atom stereocenters. The van der Waals surface area contributed by atoms with Gasteiger partial charge in [0.05, 0.1) is 5.56 Å². The Morgan fingerprint density at radius 3 is 2.40 bits per heavy atom. The molecule has 0 bridgehead atoms. The van der Waals surface area contributed by atoms with Crippen molar-refractivity contribution < 1.29 is 4.79 Å². The number of rotatable bonds is 6. The first-order chi connectivity index (χ1) is 14.5. The molecule has 4 rings (SSSR count). The van der Waals surface area contributed by atoms with E-state index in [-0.39, 0.29) is 5.91 Å². The zero-order valence-corrected chi connectivity index (χ0v) is 18.4. The predicted molar refractivity (Wildman–Crippen MR) is 124 cm³/mol. The van der Waals surface area contributed by atoms with E-state index >= 15 is 0 Å². The molecule has 0 aliphatic carbocycles. The molecule has 0 radical (unpaired) electrons. The molecule has 158 valence electrons. The van der Waals surface area contributed by atoms with Crippen molar-refractivity contribution in [2.45, 2.75) is 39.3 Å². The molecule has 1 fully saturated rings. The fourth-order valence-electron chi connectivity index (χ4n) is 4.44. The van der Waals surface area contributed by atoms with E-state index in [0.717, 1.165) is 55.5 Å². The number of amides is 1. The summed E-state index contributed by atoms with van der Waals surface area (Å²) < 4.78 is 2.21. The number of benzene rings is 2. The minimum atomic E-state index is 0.175. The minimum absolute atomic E-state index is 0.175. The highest BCUT2D eigenvalue weighted by atomic mass is 16.2. The van der Waals surface area contributed by atoms with Gasteiger partial charge >= 0.3 is 0 Å². The Morgan fingerprint density at radius 1 is 1.03 bits per heavy atom. The van der Waals surface area contributed by atoms with Gasteiger partial charge in [-0.05, 0) is 51.3 Å². The van der Waals surface area contributed by atoms with Crippen LogP contribution in [0.5, 0.6) is 0 Å². The molecule has 3 aromatic rings. The van der Waals surface area contributed by atoms with Gasteiger partial charge in [-0.3, -0.25) is 4.79 Å². The summed E-state index contributed by atoms with van der Waals surface area (Å²) in [6.07, 6.45) is 4.23. The van der Waals surface area contributed by atoms with Crippen molar-refractivity contribution in [1.82, 2.24) is 14.4 Å². The first kappa shape index (κ1) is 20.7. The molecule has 4 heteroatoms. The van der Waals surface area contributed by atoms with Gasteiger partial charge in [-0.15, -0.1) is 0 Å². The Balaban J connectivity index is 1.50. The van der Waals surface area contributed by atoms with Crippen molar-refractivity contribution in [2.24, 2.45) is 5.92 Å². The van der Waals surface area contributed by atoms with Crippen LogP contribution in [0.4, 0.5) is 0 Å². The number of hydrogen-bond acceptors (Lipinski definition) is 2. The molecule has 4 nitrogen and oxygen atoms in total. The van der Waals surface area contributed by atoms with Crippen LogP contribution in [-0.2, 0) is 6.54 Å². The van der Waals surface area contributed by atoms with E-state index in [2.05, 4.69) is 83.9 Å². The number of nitrogens with zero attached hydrogens (tertiary/aromatic N) is 3. The molecule has 1 saturated heterocycles. The summed E-state index contributed by atoms with van der Waals surface area (Å²) in [4.78, 5) is 17.9. The molecule has 1 aliphatic heterocycles. The summed E-state index contributed by atoms with van der Waals surface area (Å²) in [5, 5.41) is 1.06. The number of hydrogen-bond donors (Lipinski definition) is 0. The number of likely N-dealkylation sites (tertiary alicyclic amines) is 1. The summed E-state index contributed by atoms with van der Waals surface area (Å²) >= 11 is 0. The van der Waals surface area contributed by atoms with E-state index in [0.29, 0.717) is 12.0 Å². The molecule has 2 heterocycles. The lowest BCUT2D eigenvalue weighted by Gasteiger charge is -2.35. The van der Waals surface area contributed by atoms with Gasteiger partial charge in [0.2, 0.25) is 0 Å². The Bertz CT molecular complexity index is 984. The van der Waals surface area contributed by atoms with Gasteiger partial charge in [-0.25, -0.2) is 0 Å². The number of piperidine rings is 1. The molecule has 1 amide bonds. The second kappa shape index (κ2) is 9.05. The summed E-state index contributed by atoms with van der Waals surface area (Å²) in [6, 6.07) is 19.3. The van der Waals surface area contributed by atoms with Crippen LogP contribution in [0, 0.1) is 5.92 Å². The minimum Gasteiger partial charge on any atom is -0.342 e. The first-order valence-electron chi connectivity index (χ1n) is 11.1. The van der Waals surface area contributed by atoms with Crippen molar-refractivity contribution in [3.8, 4) is 0 Å². The molecule has 1 aliphatic rings. The third-order valence-corrected chi connectivity index (χ3v) is 6.54. The summed E-state index contributed by atoms with van der Waals surface area (Å²) in [5.74, 6) is 0.856. The first-order valence-corrected chi connectivity index (χ1v) is 11.1. The molecule has 1 aromatic heterocycles. The number of para-hydroxylation sites is 1. The fraction of sp³-hybridized carbons (Fsp3) is 0.423. The van der Waals surface area contributed by atoms with Gasteiger partial charge in [-0.1, -0.05) is 48.5 Å². The van der Waals surface area contributed by atoms with Crippen LogP contribution in [0.15, 0.2) is 60.8 Å². The smallest absolute Gasteiger partial charge is 0.256 e. The highest BCUT2D eigenvalue weighted by Crippen LogP contribution is 2.26. The Kier molecular flexibility index (Phi) is 6.24. The lowest BCUT2D eigenvalue weighted by atomic mass is 9.95. The zero-order chi connectivity index (χ0) is 21.1. The Labute approximate surface area is 180 Å². The number of fused-ring (bicyclic) bond motifs is 1. The SMILES string of the molecule is CC(C)N(C)CC1CCN(C(=O)c2cn(Cc3ccccc3)c3ccccc23)CC1. The van der Waals surface area contributed by atoms with Gasteiger partial charge in [0.25, 0.3) is 5.91 Å². The maximum atomic E-state index is 13.4. The third kappa shape index (κ3) is 4.44. The van der Waals surface area contributed by atoms with E-state index in [4.69, 9.17) is 0 Å². The van der Waals surface area contributed by atoms with E-state index in [1.54, 1.807) is 0 Å². The second-order valence-electron chi connectivity index (χ2n) is 8.94. The molecule has 2 aromatic carbocycles. The molecule has 30 heavy (non-hydrogen) atoms. The van der Waals surface area contributed by atoms with Crippen molar-refractivity contribution in [2.75, 3.05) is 26.7 Å². The van der Waals surface area contributed by atoms with Crippen molar-refractivity contribution in [3.05, 3.63) is 71.9 Å². The van der Waals surface area contributed by atoms with Crippen LogP contribution in [0.25, 0.3) is 10.9 Å². The van der Waals surface area contributed by atoms with Crippen LogP contribution in [-0.4, -0.2) is 53.0 Å². The molecular weight excluding hydrogens is 370 g/mol. The van der Waals surface area contributed by atoms with Gasteiger partial charge in [0.1, 0.15) is 0 Å². The van der Waals surface area contributed by atoms with Gasteiger partial charge in [-0.2, -0.15) is 0 Å². The summed E-state index contributed by atoms with van der Waals surface area (Å²) in [5.41, 5.74) is 3.20. The molecular formula is C26H33N3O. The number of aromatic nitrogens is 1. The molecule has 0 N–H and O–H groups in total. The fourth-order valence-corrected chi connectivity index (χ4v) is 4.44.